The number of carboxylic acids is 2. The van der Waals surface area contributed by atoms with Gasteiger partial charge in [0.25, 0.3) is 0 Å². The van der Waals surface area contributed by atoms with E-state index in [0.29, 0.717) is 102 Å². The minimum Gasteiger partial charge on any atom is -0.493 e. The maximum absolute atomic E-state index is 14.6. The van der Waals surface area contributed by atoms with Gasteiger partial charge >= 0.3 is 11.9 Å². The minimum absolute atomic E-state index is 0.0171. The first-order valence-corrected chi connectivity index (χ1v) is 23.9. The van der Waals surface area contributed by atoms with E-state index in [2.05, 4.69) is 31.8 Å². The molecular formula is C42H67N8O9S2+. The van der Waals surface area contributed by atoms with Crippen LogP contribution in [0.1, 0.15) is 57.8 Å². The molecule has 61 heavy (non-hydrogen) atoms. The molecule has 0 aliphatic heterocycles. The average Bonchev–Trinajstić information content (AvgIpc) is 3.19. The van der Waals surface area contributed by atoms with Gasteiger partial charge < -0.3 is 47.3 Å². The van der Waals surface area contributed by atoms with Crippen LogP contribution in [0.3, 0.4) is 0 Å². The molecule has 0 aliphatic carbocycles. The number of nitrogens with one attached hydrogen (secondary N) is 2. The standard InChI is InChI=1S/C42H66N8O9S2/c1-48(23-10-21-46-34(41(51)52)13-6-8-19-43)60(55,56)37-28-38(61(57,58)49(2)24-11-22-47-35(42(53)54)14-7-9-20-44)32-18-16-30-36(59-26-12-25-50(3,4)5)27-33(45)29-15-17-31(37)40(32)39(29)30/h15-18,27-28,34-35,46-47H,6-14,19-26,43-45H2,1-5H3,(H-,51,52,53,54)/p+1. The molecule has 19 heteroatoms. The van der Waals surface area contributed by atoms with Gasteiger partial charge in [-0.15, -0.1) is 0 Å². The molecule has 0 heterocycles. The zero-order valence-electron chi connectivity index (χ0n) is 36.3. The number of hydrogen-bond donors (Lipinski definition) is 7. The highest BCUT2D eigenvalue weighted by Crippen LogP contribution is 2.45. The van der Waals surface area contributed by atoms with Crippen molar-refractivity contribution in [1.82, 2.24) is 19.2 Å². The molecule has 0 aromatic heterocycles. The number of nitrogens with zero attached hydrogens (tertiary/aromatic N) is 3. The van der Waals surface area contributed by atoms with Crippen molar-refractivity contribution in [3.05, 3.63) is 36.4 Å². The highest BCUT2D eigenvalue weighted by molar-refractivity contribution is 7.90. The molecule has 10 N–H and O–H groups in total. The van der Waals surface area contributed by atoms with Crippen molar-refractivity contribution in [1.29, 1.82) is 0 Å². The number of aliphatic carboxylic acids is 2. The number of quaternary nitrogens is 1. The van der Waals surface area contributed by atoms with E-state index >= 15 is 0 Å². The Morgan fingerprint density at radius 3 is 1.57 bits per heavy atom. The fourth-order valence-electron chi connectivity index (χ4n) is 7.53. The van der Waals surface area contributed by atoms with Crippen LogP contribution in [-0.4, -0.2) is 152 Å². The zero-order valence-corrected chi connectivity index (χ0v) is 37.9. The number of nitrogens with two attached hydrogens (primary N) is 3. The predicted octanol–water partition coefficient (Wildman–Crippen LogP) is 3.01. The van der Waals surface area contributed by atoms with Crippen molar-refractivity contribution in [2.45, 2.75) is 79.7 Å². The molecule has 2 atom stereocenters. The van der Waals surface area contributed by atoms with Gasteiger partial charge in [-0.05, 0) is 76.8 Å². The fourth-order valence-corrected chi connectivity index (χ4v) is 10.4. The first-order chi connectivity index (χ1) is 28.8. The number of unbranched alkanes of at least 4 members (excludes halogenated alkanes) is 2. The largest absolute Gasteiger partial charge is 0.493 e. The van der Waals surface area contributed by atoms with Crippen LogP contribution in [0.2, 0.25) is 0 Å². The Kier molecular flexibility index (Phi) is 17.9. The third-order valence-electron chi connectivity index (χ3n) is 11.0. The Labute approximate surface area is 360 Å². The summed E-state index contributed by atoms with van der Waals surface area (Å²) in [7, 11) is 0.402. The van der Waals surface area contributed by atoms with Crippen molar-refractivity contribution in [2.24, 2.45) is 11.5 Å². The molecule has 2 unspecified atom stereocenters. The van der Waals surface area contributed by atoms with Gasteiger partial charge in [0.15, 0.2) is 0 Å². The lowest BCUT2D eigenvalue weighted by atomic mass is 9.93. The molecule has 0 saturated carbocycles. The van der Waals surface area contributed by atoms with Gasteiger partial charge in [-0.2, -0.15) is 0 Å². The van der Waals surface area contributed by atoms with Crippen molar-refractivity contribution in [3.8, 4) is 5.75 Å². The van der Waals surface area contributed by atoms with Gasteiger partial charge in [-0.1, -0.05) is 31.0 Å². The first-order valence-electron chi connectivity index (χ1n) is 21.0. The Balaban J connectivity index is 1.76. The predicted molar refractivity (Wildman–Crippen MR) is 241 cm³/mol. The van der Waals surface area contributed by atoms with E-state index in [4.69, 9.17) is 21.9 Å². The van der Waals surface area contributed by atoms with E-state index < -0.39 is 44.1 Å². The second-order valence-corrected chi connectivity index (χ2v) is 20.8. The summed E-state index contributed by atoms with van der Waals surface area (Å²) in [6.45, 7) is 2.68. The quantitative estimate of drug-likeness (QED) is 0.0179. The number of ether oxygens (including phenoxy) is 1. The third kappa shape index (κ3) is 12.6. The molecule has 0 amide bonds. The highest BCUT2D eigenvalue weighted by atomic mass is 32.2. The molecule has 0 radical (unpaired) electrons. The van der Waals surface area contributed by atoms with Crippen LogP contribution in [0.4, 0.5) is 5.69 Å². The number of hydrogen-bond acceptors (Lipinski definition) is 12. The van der Waals surface area contributed by atoms with Crippen LogP contribution in [0.25, 0.3) is 32.3 Å². The van der Waals surface area contributed by atoms with Crippen molar-refractivity contribution in [2.75, 3.05) is 93.4 Å². The summed E-state index contributed by atoms with van der Waals surface area (Å²) < 4.78 is 67.9. The smallest absolute Gasteiger partial charge is 0.320 e. The first kappa shape index (κ1) is 49.7. The molecular weight excluding hydrogens is 825 g/mol. The zero-order chi connectivity index (χ0) is 45.1. The summed E-state index contributed by atoms with van der Waals surface area (Å²) in [5.74, 6) is -1.50. The number of nitrogen functional groups attached to an aromatic ring is 1. The van der Waals surface area contributed by atoms with Crippen LogP contribution >= 0.6 is 0 Å². The Hall–Kier alpha value is -3.92. The summed E-state index contributed by atoms with van der Waals surface area (Å²) in [5, 5.41) is 28.2. The molecule has 17 nitrogen and oxygen atoms in total. The maximum atomic E-state index is 14.6. The SMILES string of the molecule is CN(CCCNC(CCCCN)C(=O)O)S(=O)(=O)c1cc(S(=O)(=O)N(C)CCCNC(CCCCN)C(=O)O)c2ccc3c(OCCC[N+](C)(C)C)cc(N)c4ccc1c2c43. The second kappa shape index (κ2) is 21.9. The monoisotopic (exact) mass is 891 g/mol. The van der Waals surface area contributed by atoms with E-state index in [1.807, 2.05) is 0 Å². The van der Waals surface area contributed by atoms with Gasteiger partial charge in [0, 0.05) is 77.7 Å². The molecule has 4 rings (SSSR count). The van der Waals surface area contributed by atoms with Gasteiger partial charge in [-0.25, -0.2) is 25.4 Å². The lowest BCUT2D eigenvalue weighted by Gasteiger charge is -2.25. The van der Waals surface area contributed by atoms with E-state index in [1.165, 1.54) is 20.2 Å². The summed E-state index contributed by atoms with van der Waals surface area (Å²) in [4.78, 5) is 23.2. The number of carboxylic acid groups (broad SMARTS) is 2. The summed E-state index contributed by atoms with van der Waals surface area (Å²) in [5.41, 5.74) is 18.2. The van der Waals surface area contributed by atoms with E-state index in [0.717, 1.165) is 26.1 Å². The molecule has 4 aromatic rings. The Morgan fingerprint density at radius 1 is 0.689 bits per heavy atom. The number of carbonyl (C=O) groups is 2. The molecule has 4 aromatic carbocycles. The molecule has 0 aliphatic rings. The molecule has 0 fully saturated rings. The lowest BCUT2D eigenvalue weighted by molar-refractivity contribution is -0.870. The van der Waals surface area contributed by atoms with Crippen LogP contribution in [-0.2, 0) is 29.6 Å². The number of anilines is 1. The molecule has 0 bridgehead atoms. The van der Waals surface area contributed by atoms with E-state index in [9.17, 15) is 36.6 Å². The molecule has 0 spiro atoms. The van der Waals surface area contributed by atoms with Crippen LogP contribution in [0, 0.1) is 0 Å². The second-order valence-electron chi connectivity index (χ2n) is 16.7. The topological polar surface area (TPSA) is 261 Å². The third-order valence-corrected chi connectivity index (χ3v) is 14.8. The van der Waals surface area contributed by atoms with E-state index in [-0.39, 0.29) is 48.8 Å². The van der Waals surface area contributed by atoms with Gasteiger partial charge in [0.1, 0.15) is 17.8 Å². The van der Waals surface area contributed by atoms with Gasteiger partial charge in [0.05, 0.1) is 44.1 Å². The van der Waals surface area contributed by atoms with Gasteiger partial charge in [0.2, 0.25) is 20.0 Å². The average molecular weight is 892 g/mol. The normalized spacial score (nSPS) is 13.9. The highest BCUT2D eigenvalue weighted by Gasteiger charge is 2.32. The number of benzene rings is 4. The van der Waals surface area contributed by atoms with Crippen LogP contribution in [0.5, 0.6) is 5.75 Å². The molecule has 0 saturated heterocycles. The van der Waals surface area contributed by atoms with E-state index in [1.54, 1.807) is 30.3 Å². The van der Waals surface area contributed by atoms with Crippen LogP contribution in [0.15, 0.2) is 46.2 Å². The lowest BCUT2D eigenvalue weighted by Crippen LogP contribution is -2.39. The van der Waals surface area contributed by atoms with Crippen LogP contribution < -0.4 is 32.6 Å². The van der Waals surface area contributed by atoms with Gasteiger partial charge in [-0.3, -0.25) is 9.59 Å². The van der Waals surface area contributed by atoms with Crippen molar-refractivity contribution in [3.63, 3.8) is 0 Å². The Bertz CT molecular complexity index is 2230. The summed E-state index contributed by atoms with van der Waals surface area (Å²) >= 11 is 0. The minimum atomic E-state index is -4.35. The summed E-state index contributed by atoms with van der Waals surface area (Å²) in [6.07, 6.45) is 4.75. The summed E-state index contributed by atoms with van der Waals surface area (Å²) in [6, 6.07) is 8.22. The number of rotatable bonds is 29. The Morgan fingerprint density at radius 2 is 1.13 bits per heavy atom. The fraction of sp³-hybridized carbons (Fsp3) is 0.571. The maximum Gasteiger partial charge on any atom is 0.320 e. The van der Waals surface area contributed by atoms with Crippen molar-refractivity contribution < 1.29 is 45.9 Å². The van der Waals surface area contributed by atoms with Crippen molar-refractivity contribution >= 4 is 70.0 Å². The molecule has 340 valence electrons. The number of sulfonamides is 2.